The van der Waals surface area contributed by atoms with Crippen molar-refractivity contribution in [2.24, 2.45) is 0 Å². The van der Waals surface area contributed by atoms with E-state index in [4.69, 9.17) is 21.6 Å². The summed E-state index contributed by atoms with van der Waals surface area (Å²) in [5.41, 5.74) is 1.34. The van der Waals surface area contributed by atoms with Crippen LogP contribution >= 0.6 is 11.6 Å². The fourth-order valence-corrected chi connectivity index (χ4v) is 1.73. The molecule has 0 fully saturated rings. The number of nitrogens with zero attached hydrogens (tertiary/aromatic N) is 2. The van der Waals surface area contributed by atoms with Gasteiger partial charge in [-0.1, -0.05) is 17.7 Å². The second kappa shape index (κ2) is 5.98. The zero-order valence-electron chi connectivity index (χ0n) is 9.84. The molecule has 0 spiro atoms. The first-order chi connectivity index (χ1) is 9.24. The number of aldehydes is 1. The molecule has 0 amide bonds. The van der Waals surface area contributed by atoms with E-state index in [1.165, 1.54) is 6.07 Å². The predicted octanol–water partition coefficient (Wildman–Crippen LogP) is 3.00. The lowest BCUT2D eigenvalue weighted by molar-refractivity contribution is 0.111. The van der Waals surface area contributed by atoms with Crippen LogP contribution in [0, 0.1) is 11.3 Å². The maximum atomic E-state index is 10.9. The first kappa shape index (κ1) is 13.1. The predicted molar refractivity (Wildman–Crippen MR) is 70.1 cm³/mol. The van der Waals surface area contributed by atoms with E-state index >= 15 is 0 Å². The molecular formula is C14H9ClN2O2. The second-order valence-electron chi connectivity index (χ2n) is 3.71. The third kappa shape index (κ3) is 3.09. The second-order valence-corrected chi connectivity index (χ2v) is 4.15. The molecule has 0 atom stereocenters. The Morgan fingerprint density at radius 3 is 3.00 bits per heavy atom. The van der Waals surface area contributed by atoms with Gasteiger partial charge in [0.2, 0.25) is 0 Å². The lowest BCUT2D eigenvalue weighted by Crippen LogP contribution is -2.01. The molecule has 4 nitrogen and oxygen atoms in total. The van der Waals surface area contributed by atoms with Crippen LogP contribution in [0.4, 0.5) is 0 Å². The highest BCUT2D eigenvalue weighted by atomic mass is 35.5. The minimum Gasteiger partial charge on any atom is -0.488 e. The van der Waals surface area contributed by atoms with Crippen molar-refractivity contribution in [2.45, 2.75) is 6.61 Å². The average Bonchev–Trinajstić information content (AvgIpc) is 2.46. The van der Waals surface area contributed by atoms with Crippen molar-refractivity contribution in [1.29, 1.82) is 5.26 Å². The Morgan fingerprint density at radius 1 is 1.42 bits per heavy atom. The molecule has 0 bridgehead atoms. The van der Waals surface area contributed by atoms with Gasteiger partial charge in [-0.15, -0.1) is 0 Å². The summed E-state index contributed by atoms with van der Waals surface area (Å²) in [5.74, 6) is 0.423. The van der Waals surface area contributed by atoms with Crippen LogP contribution in [-0.2, 0) is 6.61 Å². The monoisotopic (exact) mass is 272 g/mol. The summed E-state index contributed by atoms with van der Waals surface area (Å²) in [6, 6.07) is 10.2. The Hall–Kier alpha value is -2.38. The number of aromatic nitrogens is 1. The molecule has 0 aliphatic carbocycles. The maximum absolute atomic E-state index is 10.9. The number of pyridine rings is 1. The van der Waals surface area contributed by atoms with Gasteiger partial charge in [0.05, 0.1) is 5.56 Å². The van der Waals surface area contributed by atoms with Gasteiger partial charge in [0.25, 0.3) is 0 Å². The minimum atomic E-state index is 0.166. The molecule has 5 heteroatoms. The van der Waals surface area contributed by atoms with Gasteiger partial charge in [0.1, 0.15) is 24.1 Å². The molecule has 1 aromatic heterocycles. The third-order valence-corrected chi connectivity index (χ3v) is 2.71. The molecule has 2 aromatic rings. The minimum absolute atomic E-state index is 0.166. The van der Waals surface area contributed by atoms with Gasteiger partial charge >= 0.3 is 0 Å². The molecule has 0 unspecified atom stereocenters. The van der Waals surface area contributed by atoms with E-state index in [2.05, 4.69) is 4.98 Å². The Balaban J connectivity index is 2.19. The normalized spacial score (nSPS) is 9.68. The van der Waals surface area contributed by atoms with Crippen molar-refractivity contribution in [3.63, 3.8) is 0 Å². The van der Waals surface area contributed by atoms with Gasteiger partial charge in [-0.2, -0.15) is 5.26 Å². The molecule has 1 heterocycles. The van der Waals surface area contributed by atoms with Crippen molar-refractivity contribution in [2.75, 3.05) is 0 Å². The number of benzene rings is 1. The van der Waals surface area contributed by atoms with Crippen molar-refractivity contribution in [1.82, 2.24) is 4.98 Å². The van der Waals surface area contributed by atoms with E-state index in [0.717, 1.165) is 0 Å². The Kier molecular flexibility index (Phi) is 4.11. The average molecular weight is 273 g/mol. The first-order valence-corrected chi connectivity index (χ1v) is 5.84. The van der Waals surface area contributed by atoms with Crippen LogP contribution in [0.1, 0.15) is 21.6 Å². The van der Waals surface area contributed by atoms with E-state index in [9.17, 15) is 4.79 Å². The SMILES string of the molecule is N#Cc1ncccc1COc1ccc(Cl)cc1C=O. The molecule has 0 aliphatic rings. The first-order valence-electron chi connectivity index (χ1n) is 5.46. The number of rotatable bonds is 4. The summed E-state index contributed by atoms with van der Waals surface area (Å²) in [7, 11) is 0. The summed E-state index contributed by atoms with van der Waals surface area (Å²) in [6.07, 6.45) is 2.22. The number of hydrogen-bond donors (Lipinski definition) is 0. The quantitative estimate of drug-likeness (QED) is 0.803. The summed E-state index contributed by atoms with van der Waals surface area (Å²) in [5, 5.41) is 9.38. The van der Waals surface area contributed by atoms with Crippen LogP contribution in [0.3, 0.4) is 0 Å². The topological polar surface area (TPSA) is 63.0 Å². The lowest BCUT2D eigenvalue weighted by atomic mass is 10.2. The van der Waals surface area contributed by atoms with Crippen LogP contribution < -0.4 is 4.74 Å². The van der Waals surface area contributed by atoms with Crippen LogP contribution in [0.25, 0.3) is 0 Å². The zero-order valence-corrected chi connectivity index (χ0v) is 10.6. The van der Waals surface area contributed by atoms with Gasteiger partial charge in [-0.3, -0.25) is 4.79 Å². The van der Waals surface area contributed by atoms with E-state index in [1.807, 2.05) is 6.07 Å². The number of ether oxygens (including phenoxy) is 1. The van der Waals surface area contributed by atoms with Crippen molar-refractivity contribution >= 4 is 17.9 Å². The van der Waals surface area contributed by atoms with Crippen molar-refractivity contribution in [3.8, 4) is 11.8 Å². The highest BCUT2D eigenvalue weighted by Crippen LogP contribution is 2.22. The summed E-state index contributed by atoms with van der Waals surface area (Å²) >= 11 is 5.79. The van der Waals surface area contributed by atoms with Gasteiger partial charge in [0, 0.05) is 16.8 Å². The largest absolute Gasteiger partial charge is 0.488 e. The molecule has 2 rings (SSSR count). The molecule has 1 aromatic carbocycles. The van der Waals surface area contributed by atoms with Crippen LogP contribution in [0.2, 0.25) is 5.02 Å². The van der Waals surface area contributed by atoms with Crippen LogP contribution in [0.5, 0.6) is 5.75 Å². The van der Waals surface area contributed by atoms with Gasteiger partial charge in [-0.05, 0) is 24.3 Å². The fraction of sp³-hybridized carbons (Fsp3) is 0.0714. The zero-order chi connectivity index (χ0) is 13.7. The number of halogens is 1. The number of carbonyl (C=O) groups is 1. The third-order valence-electron chi connectivity index (χ3n) is 2.48. The van der Waals surface area contributed by atoms with Crippen LogP contribution in [0.15, 0.2) is 36.5 Å². The summed E-state index contributed by atoms with van der Waals surface area (Å²) in [4.78, 5) is 14.8. The smallest absolute Gasteiger partial charge is 0.153 e. The van der Waals surface area contributed by atoms with Gasteiger partial charge in [-0.25, -0.2) is 4.98 Å². The Labute approximate surface area is 115 Å². The molecular weight excluding hydrogens is 264 g/mol. The lowest BCUT2D eigenvalue weighted by Gasteiger charge is -2.09. The molecule has 0 radical (unpaired) electrons. The number of carbonyl (C=O) groups excluding carboxylic acids is 1. The van der Waals surface area contributed by atoms with E-state index in [-0.39, 0.29) is 6.61 Å². The van der Waals surface area contributed by atoms with Gasteiger partial charge in [0.15, 0.2) is 6.29 Å². The van der Waals surface area contributed by atoms with E-state index in [0.29, 0.717) is 33.9 Å². The molecule has 0 saturated heterocycles. The van der Waals surface area contributed by atoms with E-state index < -0.39 is 0 Å². The van der Waals surface area contributed by atoms with Gasteiger partial charge < -0.3 is 4.74 Å². The molecule has 0 aliphatic heterocycles. The maximum Gasteiger partial charge on any atom is 0.153 e. The molecule has 94 valence electrons. The molecule has 19 heavy (non-hydrogen) atoms. The fourth-order valence-electron chi connectivity index (χ4n) is 1.55. The standard InChI is InChI=1S/C14H9ClN2O2/c15-12-3-4-14(11(6-12)8-18)19-9-10-2-1-5-17-13(10)7-16/h1-6,8H,9H2. The molecule has 0 N–H and O–H groups in total. The Morgan fingerprint density at radius 2 is 2.26 bits per heavy atom. The van der Waals surface area contributed by atoms with Crippen molar-refractivity contribution < 1.29 is 9.53 Å². The summed E-state index contributed by atoms with van der Waals surface area (Å²) in [6.45, 7) is 0.166. The Bertz CT molecular complexity index is 650. The van der Waals surface area contributed by atoms with Crippen LogP contribution in [-0.4, -0.2) is 11.3 Å². The van der Waals surface area contributed by atoms with Crippen molar-refractivity contribution in [3.05, 3.63) is 58.4 Å². The van der Waals surface area contributed by atoms with E-state index in [1.54, 1.807) is 30.5 Å². The number of nitriles is 1. The number of hydrogen-bond acceptors (Lipinski definition) is 4. The highest BCUT2D eigenvalue weighted by Gasteiger charge is 2.07. The highest BCUT2D eigenvalue weighted by molar-refractivity contribution is 6.30. The molecule has 0 saturated carbocycles. The summed E-state index contributed by atoms with van der Waals surface area (Å²) < 4.78 is 5.53.